The molecule has 2 aromatic rings. The quantitative estimate of drug-likeness (QED) is 0.755. The number of piperazine rings is 1. The molecule has 2 fully saturated rings. The molecule has 164 valence electrons. The average molecular weight is 423 g/mol. The Morgan fingerprint density at radius 2 is 1.81 bits per heavy atom. The molecule has 1 aromatic heterocycles. The fraction of sp³-hybridized carbons (Fsp3) is 0.500. The molecule has 7 heteroatoms. The van der Waals surface area contributed by atoms with Crippen LogP contribution in [0.4, 0.5) is 5.82 Å². The van der Waals surface area contributed by atoms with E-state index in [1.54, 1.807) is 0 Å². The highest BCUT2D eigenvalue weighted by Gasteiger charge is 2.31. The molecule has 1 atom stereocenters. The van der Waals surface area contributed by atoms with Gasteiger partial charge in [-0.15, -0.1) is 0 Å². The predicted octanol–water partition coefficient (Wildman–Crippen LogP) is 2.73. The van der Waals surface area contributed by atoms with Crippen LogP contribution in [0, 0.1) is 0 Å². The molecule has 0 aliphatic carbocycles. The molecular weight excluding hydrogens is 392 g/mol. The molecule has 0 radical (unpaired) electrons. The lowest BCUT2D eigenvalue weighted by Crippen LogP contribution is -2.51. The maximum absolute atomic E-state index is 13.1. The minimum absolute atomic E-state index is 0.224. The highest BCUT2D eigenvalue weighted by molar-refractivity contribution is 5.78. The first kappa shape index (κ1) is 20.1. The van der Waals surface area contributed by atoms with Gasteiger partial charge in [0.05, 0.1) is 19.8 Å². The molecule has 31 heavy (non-hydrogen) atoms. The Labute approximate surface area is 183 Å². The number of likely N-dealkylation sites (tertiary alicyclic amines) is 1. The topological polar surface area (TPSA) is 58.1 Å². The minimum atomic E-state index is 0.224. The standard InChI is InChI=1S/C24H30N4O3/c29-24(27-13-11-26(12-14-27)23-6-1-2-9-25-23)18-28-10-3-5-20(28)19-7-8-21-22(17-19)31-16-4-15-30-21/h1-2,6-9,17,20H,3-5,10-16,18H2/t20-/m0/s1. The van der Waals surface area contributed by atoms with E-state index in [-0.39, 0.29) is 11.9 Å². The summed E-state index contributed by atoms with van der Waals surface area (Å²) in [6.45, 7) is 5.97. The van der Waals surface area contributed by atoms with Crippen molar-refractivity contribution in [2.75, 3.05) is 57.4 Å². The second kappa shape index (κ2) is 9.14. The van der Waals surface area contributed by atoms with Crippen molar-refractivity contribution in [3.63, 3.8) is 0 Å². The van der Waals surface area contributed by atoms with Crippen LogP contribution in [-0.4, -0.2) is 73.2 Å². The van der Waals surface area contributed by atoms with Crippen molar-refractivity contribution in [2.45, 2.75) is 25.3 Å². The van der Waals surface area contributed by atoms with Gasteiger partial charge in [-0.25, -0.2) is 4.98 Å². The van der Waals surface area contributed by atoms with E-state index in [2.05, 4.69) is 26.9 Å². The summed E-state index contributed by atoms with van der Waals surface area (Å²) in [5.41, 5.74) is 1.22. The lowest BCUT2D eigenvalue weighted by Gasteiger charge is -2.36. The predicted molar refractivity (Wildman–Crippen MR) is 119 cm³/mol. The van der Waals surface area contributed by atoms with Crippen LogP contribution in [0.5, 0.6) is 11.5 Å². The molecule has 2 saturated heterocycles. The van der Waals surface area contributed by atoms with Gasteiger partial charge in [-0.05, 0) is 49.2 Å². The normalized spacial score (nSPS) is 21.7. The molecule has 3 aliphatic rings. The molecule has 0 saturated carbocycles. The third kappa shape index (κ3) is 4.46. The van der Waals surface area contributed by atoms with E-state index in [0.29, 0.717) is 19.8 Å². The zero-order valence-corrected chi connectivity index (χ0v) is 17.9. The SMILES string of the molecule is O=C(CN1CCC[C@H]1c1ccc2c(c1)OCCCO2)N1CCN(c2ccccn2)CC1. The molecular formula is C24H30N4O3. The van der Waals surface area contributed by atoms with Crippen LogP contribution in [-0.2, 0) is 4.79 Å². The summed E-state index contributed by atoms with van der Waals surface area (Å²) in [5.74, 6) is 2.87. The number of amides is 1. The Bertz CT molecular complexity index is 899. The van der Waals surface area contributed by atoms with Crippen molar-refractivity contribution in [1.82, 2.24) is 14.8 Å². The van der Waals surface area contributed by atoms with E-state index in [4.69, 9.17) is 9.47 Å². The second-order valence-corrected chi connectivity index (χ2v) is 8.44. The van der Waals surface area contributed by atoms with Gasteiger partial charge in [0.1, 0.15) is 5.82 Å². The average Bonchev–Trinajstić information content (AvgIpc) is 3.15. The lowest BCUT2D eigenvalue weighted by molar-refractivity contribution is -0.133. The molecule has 1 aromatic carbocycles. The molecule has 5 rings (SSSR count). The van der Waals surface area contributed by atoms with Crippen molar-refractivity contribution >= 4 is 11.7 Å². The maximum Gasteiger partial charge on any atom is 0.236 e. The lowest BCUT2D eigenvalue weighted by atomic mass is 10.0. The zero-order chi connectivity index (χ0) is 21.0. The summed E-state index contributed by atoms with van der Waals surface area (Å²) < 4.78 is 11.6. The fourth-order valence-electron chi connectivity index (χ4n) is 4.78. The molecule has 3 aliphatic heterocycles. The molecule has 4 heterocycles. The Hall–Kier alpha value is -2.80. The highest BCUT2D eigenvalue weighted by atomic mass is 16.5. The monoisotopic (exact) mass is 422 g/mol. The third-order valence-corrected chi connectivity index (χ3v) is 6.46. The number of nitrogens with zero attached hydrogens (tertiary/aromatic N) is 4. The molecule has 1 amide bonds. The van der Waals surface area contributed by atoms with Gasteiger partial charge in [0.2, 0.25) is 5.91 Å². The number of anilines is 1. The Kier molecular flexibility index (Phi) is 5.93. The number of hydrogen-bond donors (Lipinski definition) is 0. The van der Waals surface area contributed by atoms with Gasteiger partial charge < -0.3 is 19.3 Å². The number of aromatic nitrogens is 1. The first-order valence-electron chi connectivity index (χ1n) is 11.4. The van der Waals surface area contributed by atoms with Gasteiger partial charge >= 0.3 is 0 Å². The van der Waals surface area contributed by atoms with E-state index in [1.807, 2.05) is 35.4 Å². The number of benzene rings is 1. The van der Waals surface area contributed by atoms with Gasteiger partial charge in [0.25, 0.3) is 0 Å². The van der Waals surface area contributed by atoms with Crippen molar-refractivity contribution in [1.29, 1.82) is 0 Å². The summed E-state index contributed by atoms with van der Waals surface area (Å²) in [6, 6.07) is 12.5. The third-order valence-electron chi connectivity index (χ3n) is 6.46. The van der Waals surface area contributed by atoms with Crippen LogP contribution >= 0.6 is 0 Å². The molecule has 0 N–H and O–H groups in total. The summed E-state index contributed by atoms with van der Waals surface area (Å²) in [5, 5.41) is 0. The van der Waals surface area contributed by atoms with Crippen molar-refractivity contribution in [3.05, 3.63) is 48.2 Å². The summed E-state index contributed by atoms with van der Waals surface area (Å²) >= 11 is 0. The van der Waals surface area contributed by atoms with Crippen LogP contribution in [0.3, 0.4) is 0 Å². The van der Waals surface area contributed by atoms with E-state index >= 15 is 0 Å². The van der Waals surface area contributed by atoms with Crippen LogP contribution in [0.25, 0.3) is 0 Å². The van der Waals surface area contributed by atoms with Crippen molar-refractivity contribution < 1.29 is 14.3 Å². The summed E-state index contributed by atoms with van der Waals surface area (Å²) in [4.78, 5) is 24.1. The van der Waals surface area contributed by atoms with Gasteiger partial charge in [0, 0.05) is 44.8 Å². The number of rotatable bonds is 4. The first-order valence-corrected chi connectivity index (χ1v) is 11.4. The van der Waals surface area contributed by atoms with Crippen molar-refractivity contribution in [3.8, 4) is 11.5 Å². The molecule has 0 unspecified atom stereocenters. The van der Waals surface area contributed by atoms with E-state index in [0.717, 1.165) is 69.3 Å². The zero-order valence-electron chi connectivity index (χ0n) is 17.9. The number of pyridine rings is 1. The molecule has 0 bridgehead atoms. The number of ether oxygens (including phenoxy) is 2. The van der Waals surface area contributed by atoms with Gasteiger partial charge in [-0.3, -0.25) is 9.69 Å². The van der Waals surface area contributed by atoms with Crippen LogP contribution in [0.2, 0.25) is 0 Å². The van der Waals surface area contributed by atoms with Crippen molar-refractivity contribution in [2.24, 2.45) is 0 Å². The maximum atomic E-state index is 13.1. The summed E-state index contributed by atoms with van der Waals surface area (Å²) in [6.07, 6.45) is 4.90. The number of hydrogen-bond acceptors (Lipinski definition) is 6. The van der Waals surface area contributed by atoms with Crippen LogP contribution in [0.1, 0.15) is 30.9 Å². The first-order chi connectivity index (χ1) is 15.3. The smallest absolute Gasteiger partial charge is 0.236 e. The van der Waals surface area contributed by atoms with Gasteiger partial charge in [-0.1, -0.05) is 12.1 Å². The van der Waals surface area contributed by atoms with E-state index < -0.39 is 0 Å². The minimum Gasteiger partial charge on any atom is -0.490 e. The number of fused-ring (bicyclic) bond motifs is 1. The van der Waals surface area contributed by atoms with E-state index in [1.165, 1.54) is 5.56 Å². The van der Waals surface area contributed by atoms with Crippen LogP contribution in [0.15, 0.2) is 42.6 Å². The summed E-state index contributed by atoms with van der Waals surface area (Å²) in [7, 11) is 0. The van der Waals surface area contributed by atoms with E-state index in [9.17, 15) is 4.79 Å². The Morgan fingerprint density at radius 3 is 2.61 bits per heavy atom. The fourth-order valence-corrected chi connectivity index (χ4v) is 4.78. The largest absolute Gasteiger partial charge is 0.490 e. The Balaban J connectivity index is 1.20. The second-order valence-electron chi connectivity index (χ2n) is 8.44. The Morgan fingerprint density at radius 1 is 0.968 bits per heavy atom. The molecule has 7 nitrogen and oxygen atoms in total. The highest BCUT2D eigenvalue weighted by Crippen LogP contribution is 2.37. The molecule has 0 spiro atoms. The number of carbonyl (C=O) groups excluding carboxylic acids is 1. The van der Waals surface area contributed by atoms with Crippen LogP contribution < -0.4 is 14.4 Å². The van der Waals surface area contributed by atoms with Gasteiger partial charge in [-0.2, -0.15) is 0 Å². The van der Waals surface area contributed by atoms with Gasteiger partial charge in [0.15, 0.2) is 11.5 Å². The number of carbonyl (C=O) groups is 1.